The van der Waals surface area contributed by atoms with Crippen molar-refractivity contribution in [3.05, 3.63) is 23.8 Å². The predicted octanol–water partition coefficient (Wildman–Crippen LogP) is 2.17. The van der Waals surface area contributed by atoms with Gasteiger partial charge in [-0.3, -0.25) is 9.59 Å². The van der Waals surface area contributed by atoms with Crippen molar-refractivity contribution in [2.45, 2.75) is 65.1 Å². The van der Waals surface area contributed by atoms with Crippen LogP contribution in [0, 0.1) is 5.92 Å². The molecule has 0 aliphatic carbocycles. The second-order valence-corrected chi connectivity index (χ2v) is 10.7. The molecule has 0 fully saturated rings. The van der Waals surface area contributed by atoms with Gasteiger partial charge in [0.15, 0.2) is 0 Å². The smallest absolute Gasteiger partial charge is 0.317 e. The molecular weight excluding hydrogens is 474 g/mol. The molecule has 0 saturated heterocycles. The van der Waals surface area contributed by atoms with Gasteiger partial charge in [-0.15, -0.1) is 0 Å². The molecule has 1 aliphatic rings. The minimum Gasteiger partial charge on any atom is -0.488 e. The van der Waals surface area contributed by atoms with E-state index in [1.165, 1.54) is 0 Å². The fourth-order valence-electron chi connectivity index (χ4n) is 4.21. The lowest BCUT2D eigenvalue weighted by molar-refractivity contribution is -0.134. The van der Waals surface area contributed by atoms with E-state index in [0.29, 0.717) is 36.5 Å². The van der Waals surface area contributed by atoms with Gasteiger partial charge < -0.3 is 35.2 Å². The maximum Gasteiger partial charge on any atom is 0.317 e. The number of likely N-dealkylation sites (N-methyl/N-ethyl adjacent to an activating group) is 1. The van der Waals surface area contributed by atoms with Crippen molar-refractivity contribution in [3.8, 4) is 5.75 Å². The van der Waals surface area contributed by atoms with E-state index < -0.39 is 6.10 Å². The van der Waals surface area contributed by atoms with Crippen LogP contribution < -0.4 is 15.4 Å². The van der Waals surface area contributed by atoms with Crippen molar-refractivity contribution < 1.29 is 24.2 Å². The first-order chi connectivity index (χ1) is 17.4. The largest absolute Gasteiger partial charge is 0.488 e. The van der Waals surface area contributed by atoms with Gasteiger partial charge in [0.25, 0.3) is 0 Å². The first-order valence-corrected chi connectivity index (χ1v) is 13.1. The van der Waals surface area contributed by atoms with Crippen molar-refractivity contribution in [1.29, 1.82) is 0 Å². The summed E-state index contributed by atoms with van der Waals surface area (Å²) in [5.74, 6) is 0.220. The van der Waals surface area contributed by atoms with Gasteiger partial charge >= 0.3 is 6.03 Å². The van der Waals surface area contributed by atoms with Crippen molar-refractivity contribution in [2.75, 3.05) is 52.7 Å². The Morgan fingerprint density at radius 1 is 1.22 bits per heavy atom. The third-order valence-corrected chi connectivity index (χ3v) is 6.42. The van der Waals surface area contributed by atoms with E-state index in [-0.39, 0.29) is 48.9 Å². The number of amides is 4. The number of nitrogens with zero attached hydrogens (tertiary/aromatic N) is 3. The van der Waals surface area contributed by atoms with Gasteiger partial charge in [0.05, 0.1) is 25.6 Å². The van der Waals surface area contributed by atoms with Crippen molar-refractivity contribution in [3.63, 3.8) is 0 Å². The topological polar surface area (TPSA) is 114 Å². The maximum atomic E-state index is 13.3. The summed E-state index contributed by atoms with van der Waals surface area (Å²) in [5.41, 5.74) is 1.25. The molecule has 0 radical (unpaired) electrons. The SMILES string of the molecule is CC(C)NC(=O)N(C)C[C@@H]1Oc2ccc(NC(=O)CCCN(C)C)cc2CC(=O)N([C@H](C)CO)C[C@@H]1C. The number of carbonyl (C=O) groups is 3. The highest BCUT2D eigenvalue weighted by Crippen LogP contribution is 2.29. The number of rotatable bonds is 10. The molecule has 2 rings (SSSR count). The Labute approximate surface area is 221 Å². The number of hydrogen-bond acceptors (Lipinski definition) is 6. The molecule has 3 N–H and O–H groups in total. The maximum absolute atomic E-state index is 13.3. The molecule has 208 valence electrons. The fourth-order valence-corrected chi connectivity index (χ4v) is 4.21. The lowest BCUT2D eigenvalue weighted by Gasteiger charge is -2.34. The average Bonchev–Trinajstić information content (AvgIpc) is 2.85. The molecule has 0 unspecified atom stereocenters. The van der Waals surface area contributed by atoms with E-state index in [2.05, 4.69) is 10.6 Å². The van der Waals surface area contributed by atoms with Gasteiger partial charge in [-0.1, -0.05) is 6.92 Å². The van der Waals surface area contributed by atoms with Gasteiger partial charge in [0, 0.05) is 43.2 Å². The van der Waals surface area contributed by atoms with Crippen LogP contribution in [0.3, 0.4) is 0 Å². The Morgan fingerprint density at radius 2 is 1.92 bits per heavy atom. The van der Waals surface area contributed by atoms with E-state index in [4.69, 9.17) is 4.74 Å². The molecule has 1 aliphatic heterocycles. The number of carbonyl (C=O) groups excluding carboxylic acids is 3. The Hall–Kier alpha value is -2.85. The molecule has 0 saturated carbocycles. The highest BCUT2D eigenvalue weighted by molar-refractivity contribution is 5.91. The zero-order valence-electron chi connectivity index (χ0n) is 23.4. The summed E-state index contributed by atoms with van der Waals surface area (Å²) in [6.45, 7) is 8.97. The third kappa shape index (κ3) is 9.51. The van der Waals surface area contributed by atoms with Crippen LogP contribution in [-0.2, 0) is 16.0 Å². The number of fused-ring (bicyclic) bond motifs is 1. The zero-order valence-corrected chi connectivity index (χ0v) is 23.4. The third-order valence-electron chi connectivity index (χ3n) is 6.42. The molecule has 4 amide bonds. The molecular formula is C27H45N5O5. The van der Waals surface area contributed by atoms with Gasteiger partial charge in [-0.2, -0.15) is 0 Å². The van der Waals surface area contributed by atoms with Crippen LogP contribution in [0.25, 0.3) is 0 Å². The Balaban J connectivity index is 2.31. The van der Waals surface area contributed by atoms with Crippen LogP contribution in [0.1, 0.15) is 46.1 Å². The van der Waals surface area contributed by atoms with E-state index in [9.17, 15) is 19.5 Å². The summed E-state index contributed by atoms with van der Waals surface area (Å²) in [5, 5.41) is 15.6. The summed E-state index contributed by atoms with van der Waals surface area (Å²) in [4.78, 5) is 43.6. The predicted molar refractivity (Wildman–Crippen MR) is 145 cm³/mol. The minimum atomic E-state index is -0.396. The average molecular weight is 520 g/mol. The van der Waals surface area contributed by atoms with Crippen LogP contribution in [0.5, 0.6) is 5.75 Å². The Morgan fingerprint density at radius 3 is 2.54 bits per heavy atom. The van der Waals surface area contributed by atoms with Crippen molar-refractivity contribution in [2.24, 2.45) is 5.92 Å². The second-order valence-electron chi connectivity index (χ2n) is 10.7. The molecule has 37 heavy (non-hydrogen) atoms. The highest BCUT2D eigenvalue weighted by Gasteiger charge is 2.32. The quantitative estimate of drug-likeness (QED) is 0.437. The number of benzene rings is 1. The lowest BCUT2D eigenvalue weighted by Crippen LogP contribution is -2.49. The molecule has 1 aromatic carbocycles. The summed E-state index contributed by atoms with van der Waals surface area (Å²) in [6.07, 6.45) is 0.827. The monoisotopic (exact) mass is 519 g/mol. The van der Waals surface area contributed by atoms with E-state index >= 15 is 0 Å². The summed E-state index contributed by atoms with van der Waals surface area (Å²) >= 11 is 0. The zero-order chi connectivity index (χ0) is 27.7. The fraction of sp³-hybridized carbons (Fsp3) is 0.667. The summed E-state index contributed by atoms with van der Waals surface area (Å²) in [6, 6.07) is 4.77. The van der Waals surface area contributed by atoms with Crippen LogP contribution in [0.4, 0.5) is 10.5 Å². The second kappa shape index (κ2) is 14.2. The number of ether oxygens (including phenoxy) is 1. The van der Waals surface area contributed by atoms with Crippen LogP contribution in [0.2, 0.25) is 0 Å². The highest BCUT2D eigenvalue weighted by atomic mass is 16.5. The van der Waals surface area contributed by atoms with E-state index in [1.54, 1.807) is 35.0 Å². The minimum absolute atomic E-state index is 0.00424. The number of aliphatic hydroxyl groups excluding tert-OH is 1. The molecule has 0 spiro atoms. The lowest BCUT2D eigenvalue weighted by atomic mass is 10.0. The molecule has 1 heterocycles. The van der Waals surface area contributed by atoms with Crippen LogP contribution in [-0.4, -0.2) is 103 Å². The van der Waals surface area contributed by atoms with Crippen LogP contribution in [0.15, 0.2) is 18.2 Å². The van der Waals surface area contributed by atoms with Crippen molar-refractivity contribution >= 4 is 23.5 Å². The molecule has 0 aromatic heterocycles. The first-order valence-electron chi connectivity index (χ1n) is 13.1. The van der Waals surface area contributed by atoms with Gasteiger partial charge in [-0.05, 0) is 66.0 Å². The van der Waals surface area contributed by atoms with E-state index in [1.807, 2.05) is 46.7 Å². The van der Waals surface area contributed by atoms with Gasteiger partial charge in [0.1, 0.15) is 11.9 Å². The molecule has 0 bridgehead atoms. The molecule has 10 nitrogen and oxygen atoms in total. The van der Waals surface area contributed by atoms with Gasteiger partial charge in [0.2, 0.25) is 11.8 Å². The Kier molecular flexibility index (Phi) is 11.6. The summed E-state index contributed by atoms with van der Waals surface area (Å²) in [7, 11) is 5.65. The number of anilines is 1. The molecule has 3 atom stereocenters. The molecule has 1 aromatic rings. The first kappa shape index (κ1) is 30.4. The Bertz CT molecular complexity index is 922. The number of nitrogens with one attached hydrogen (secondary N) is 2. The molecule has 10 heteroatoms. The standard InChI is InChI=1S/C27H45N5O5/c1-18(2)28-27(36)31(7)16-24-19(3)15-32(20(4)17-33)26(35)14-21-13-22(10-11-23(21)37-24)29-25(34)9-8-12-30(5)6/h10-11,13,18-20,24,33H,8-9,12,14-17H2,1-7H3,(H,28,36)(H,29,34)/t19-,20+,24-/m0/s1. The number of hydrogen-bond donors (Lipinski definition) is 3. The van der Waals surface area contributed by atoms with Crippen molar-refractivity contribution in [1.82, 2.24) is 20.0 Å². The van der Waals surface area contributed by atoms with Crippen LogP contribution >= 0.6 is 0 Å². The normalized spacial score (nSPS) is 18.9. The summed E-state index contributed by atoms with van der Waals surface area (Å²) < 4.78 is 6.43. The van der Waals surface area contributed by atoms with E-state index in [0.717, 1.165) is 13.0 Å². The number of urea groups is 1. The van der Waals surface area contributed by atoms with Gasteiger partial charge in [-0.25, -0.2) is 4.79 Å². The number of aliphatic hydroxyl groups is 1.